The molecule has 0 aliphatic carbocycles. The largest absolute Gasteiger partial charge is 0.620 e. The average Bonchev–Trinajstić information content (AvgIpc) is 2.51. The second kappa shape index (κ2) is 5.50. The van der Waals surface area contributed by atoms with Crippen LogP contribution in [-0.2, 0) is 9.57 Å². The minimum atomic E-state index is -1.21. The lowest BCUT2D eigenvalue weighted by molar-refractivity contribution is -0.384. The summed E-state index contributed by atoms with van der Waals surface area (Å²) in [5.41, 5.74) is -1.31. The van der Waals surface area contributed by atoms with E-state index in [1.54, 1.807) is 18.7 Å². The molecule has 3 rings (SSSR count). The van der Waals surface area contributed by atoms with Crippen LogP contribution in [0.25, 0.3) is 0 Å². The molecule has 2 aliphatic heterocycles. The molecule has 0 aromatic heterocycles. The van der Waals surface area contributed by atoms with Gasteiger partial charge < -0.3 is 19.7 Å². The van der Waals surface area contributed by atoms with Crippen LogP contribution < -0.4 is 20.4 Å². The van der Waals surface area contributed by atoms with Gasteiger partial charge in [-0.05, 0) is 0 Å². The van der Waals surface area contributed by atoms with Gasteiger partial charge in [-0.1, -0.05) is 16.8 Å². The molecule has 0 spiro atoms. The van der Waals surface area contributed by atoms with Gasteiger partial charge in [0, 0.05) is 33.0 Å². The molecule has 23 heavy (non-hydrogen) atoms. The summed E-state index contributed by atoms with van der Waals surface area (Å²) in [4.78, 5) is 17.9. The number of nitro benzene ring substituents is 1. The van der Waals surface area contributed by atoms with Gasteiger partial charge in [-0.25, -0.2) is 0 Å². The predicted molar refractivity (Wildman–Crippen MR) is 81.7 cm³/mol. The van der Waals surface area contributed by atoms with Crippen LogP contribution in [0.3, 0.4) is 0 Å². The highest BCUT2D eigenvalue weighted by Gasteiger charge is 2.37. The van der Waals surface area contributed by atoms with Gasteiger partial charge in [0.25, 0.3) is 0 Å². The Labute approximate surface area is 136 Å². The van der Waals surface area contributed by atoms with Gasteiger partial charge >= 0.3 is 11.4 Å². The maximum Gasteiger partial charge on any atom is 0.334 e. The lowest BCUT2D eigenvalue weighted by Crippen LogP contribution is -2.54. The number of benzene rings is 1. The van der Waals surface area contributed by atoms with Crippen molar-refractivity contribution in [1.82, 2.24) is 4.74 Å². The maximum atomic E-state index is 12.5. The molecule has 0 atom stereocenters. The molecule has 0 bridgehead atoms. The van der Waals surface area contributed by atoms with Crippen molar-refractivity contribution in [3.8, 4) is 0 Å². The molecule has 0 saturated carbocycles. The summed E-state index contributed by atoms with van der Waals surface area (Å²) in [6.45, 7) is 4.82. The van der Waals surface area contributed by atoms with Crippen LogP contribution >= 0.6 is 11.6 Å². The Hall–Kier alpha value is -2.13. The summed E-state index contributed by atoms with van der Waals surface area (Å²) < 4.78 is 5.89. The summed E-state index contributed by atoms with van der Waals surface area (Å²) in [5, 5.41) is 28.1. The fourth-order valence-corrected chi connectivity index (χ4v) is 2.85. The normalized spacial score (nSPS) is 19.6. The summed E-state index contributed by atoms with van der Waals surface area (Å²) in [6, 6.07) is 1.26. The van der Waals surface area contributed by atoms with Crippen LogP contribution in [0.15, 0.2) is 11.2 Å². The number of fused-ring (bicyclic) bond motifs is 1. The van der Waals surface area contributed by atoms with Crippen molar-refractivity contribution in [2.24, 2.45) is 5.16 Å². The summed E-state index contributed by atoms with van der Waals surface area (Å²) in [5.74, 6) is 0. The number of nitro groups is 1. The molecule has 1 fully saturated rings. The van der Waals surface area contributed by atoms with Crippen LogP contribution in [-0.4, -0.2) is 37.0 Å². The number of nitrogens with zero attached hydrogens (tertiary/aromatic N) is 4. The second-order valence-electron chi connectivity index (χ2n) is 5.70. The van der Waals surface area contributed by atoms with E-state index in [2.05, 4.69) is 5.16 Å². The van der Waals surface area contributed by atoms with E-state index in [0.29, 0.717) is 31.0 Å². The van der Waals surface area contributed by atoms with E-state index >= 15 is 0 Å². The molecule has 0 unspecified atom stereocenters. The SMILES string of the molecule is CC1(C)ON=c2c(N3CCOCC3)c([N+](=O)[O-])c(Cl)cc2=[N+]1[O-]. The molecule has 0 N–H and O–H groups in total. The fraction of sp³-hybridized carbons (Fsp3) is 0.538. The van der Waals surface area contributed by atoms with E-state index in [1.807, 2.05) is 0 Å². The smallest absolute Gasteiger partial charge is 0.334 e. The van der Waals surface area contributed by atoms with Crippen molar-refractivity contribution in [3.63, 3.8) is 0 Å². The third-order valence-electron chi connectivity index (χ3n) is 3.76. The number of rotatable bonds is 2. The van der Waals surface area contributed by atoms with Crippen LogP contribution in [0, 0.1) is 15.3 Å². The average molecular weight is 343 g/mol. The van der Waals surface area contributed by atoms with Crippen LogP contribution in [0.5, 0.6) is 0 Å². The van der Waals surface area contributed by atoms with Gasteiger partial charge in [-0.3, -0.25) is 10.1 Å². The maximum absolute atomic E-state index is 12.5. The monoisotopic (exact) mass is 342 g/mol. The quantitative estimate of drug-likeness (QED) is 0.333. The van der Waals surface area contributed by atoms with Crippen molar-refractivity contribution in [2.45, 2.75) is 19.6 Å². The minimum Gasteiger partial charge on any atom is -0.620 e. The Bertz CT molecular complexity index is 789. The summed E-state index contributed by atoms with van der Waals surface area (Å²) in [7, 11) is 0. The Morgan fingerprint density at radius 3 is 2.70 bits per heavy atom. The van der Waals surface area contributed by atoms with E-state index in [1.165, 1.54) is 6.07 Å². The molecule has 1 aromatic carbocycles. The molecule has 2 heterocycles. The third kappa shape index (κ3) is 2.55. The summed E-state index contributed by atoms with van der Waals surface area (Å²) >= 11 is 6.09. The fourth-order valence-electron chi connectivity index (χ4n) is 2.59. The van der Waals surface area contributed by atoms with Crippen molar-refractivity contribution >= 4 is 23.0 Å². The molecule has 2 aliphatic rings. The van der Waals surface area contributed by atoms with Gasteiger partial charge in [-0.15, -0.1) is 0 Å². The number of ether oxygens (including phenoxy) is 1. The highest BCUT2D eigenvalue weighted by Crippen LogP contribution is 2.32. The van der Waals surface area contributed by atoms with E-state index in [4.69, 9.17) is 21.2 Å². The number of morpholine rings is 1. The predicted octanol–water partition coefficient (Wildman–Crippen LogP) is 0.375. The third-order valence-corrected chi connectivity index (χ3v) is 4.05. The number of hydrogen-bond donors (Lipinski definition) is 0. The van der Waals surface area contributed by atoms with E-state index in [9.17, 15) is 15.3 Å². The molecular weight excluding hydrogens is 328 g/mol. The van der Waals surface area contributed by atoms with Crippen LogP contribution in [0.1, 0.15) is 13.8 Å². The van der Waals surface area contributed by atoms with Crippen molar-refractivity contribution in [3.05, 3.63) is 37.1 Å². The lowest BCUT2D eigenvalue weighted by atomic mass is 10.2. The molecule has 10 heteroatoms. The van der Waals surface area contributed by atoms with Crippen molar-refractivity contribution in [1.29, 1.82) is 0 Å². The van der Waals surface area contributed by atoms with Crippen LogP contribution in [0.4, 0.5) is 11.4 Å². The number of halogens is 1. The molecule has 1 aromatic rings. The molecule has 0 radical (unpaired) electrons. The van der Waals surface area contributed by atoms with Crippen molar-refractivity contribution < 1.29 is 14.5 Å². The molecule has 9 nitrogen and oxygen atoms in total. The van der Waals surface area contributed by atoms with Gasteiger partial charge in [0.05, 0.1) is 18.1 Å². The van der Waals surface area contributed by atoms with Gasteiger partial charge in [0.2, 0.25) is 10.7 Å². The number of anilines is 1. The Morgan fingerprint density at radius 2 is 2.09 bits per heavy atom. The standard InChI is InChI=1S/C13H15ClN4O5/c1-13(2)17(19)9-7-8(14)11(18(20)21)12(10(9)15-23-13)16-3-5-22-6-4-16/h7H,3-6H2,1-2H3. The zero-order valence-electron chi connectivity index (χ0n) is 12.6. The molecule has 1 saturated heterocycles. The first-order valence-electron chi connectivity index (χ1n) is 7.03. The molecule has 0 amide bonds. The number of hydroxylamine groups is 1. The zero-order chi connectivity index (χ0) is 16.8. The minimum absolute atomic E-state index is 0.107. The van der Waals surface area contributed by atoms with Crippen molar-refractivity contribution in [2.75, 3.05) is 31.2 Å². The molecular formula is C13H15ClN4O5. The van der Waals surface area contributed by atoms with E-state index in [0.717, 1.165) is 0 Å². The lowest BCUT2D eigenvalue weighted by Gasteiger charge is -2.30. The Balaban J connectivity index is 2.37. The first-order chi connectivity index (χ1) is 10.8. The second-order valence-corrected chi connectivity index (χ2v) is 6.11. The zero-order valence-corrected chi connectivity index (χ0v) is 13.4. The first kappa shape index (κ1) is 15.8. The summed E-state index contributed by atoms with van der Waals surface area (Å²) in [6.07, 6.45) is 0. The van der Waals surface area contributed by atoms with Gasteiger partial charge in [0.1, 0.15) is 5.02 Å². The van der Waals surface area contributed by atoms with E-state index < -0.39 is 10.6 Å². The van der Waals surface area contributed by atoms with Gasteiger partial charge in [-0.2, -0.15) is 4.74 Å². The van der Waals surface area contributed by atoms with Crippen LogP contribution in [0.2, 0.25) is 5.02 Å². The number of hydrogen-bond acceptors (Lipinski definition) is 7. The molecule has 124 valence electrons. The highest BCUT2D eigenvalue weighted by atomic mass is 35.5. The Kier molecular flexibility index (Phi) is 3.77. The van der Waals surface area contributed by atoms with E-state index in [-0.39, 0.29) is 27.1 Å². The highest BCUT2D eigenvalue weighted by molar-refractivity contribution is 6.33. The Morgan fingerprint density at radius 1 is 1.43 bits per heavy atom. The van der Waals surface area contributed by atoms with Gasteiger partial charge in [0.15, 0.2) is 5.69 Å². The topological polar surface area (TPSA) is 103 Å². The first-order valence-corrected chi connectivity index (χ1v) is 7.41.